The van der Waals surface area contributed by atoms with Gasteiger partial charge in [0.25, 0.3) is 0 Å². The molecule has 0 N–H and O–H groups in total. The zero-order chi connectivity index (χ0) is 66.8. The molecule has 6 heteroatoms. The summed E-state index contributed by atoms with van der Waals surface area (Å²) in [6, 6.07) is 65.9. The molecule has 0 fully saturated rings. The number of ether oxygens (including phenoxy) is 1. The Labute approximate surface area is 525 Å². The van der Waals surface area contributed by atoms with E-state index in [4.69, 9.17) is 22.1 Å². The number of hydrogen-bond donors (Lipinski definition) is 0. The third kappa shape index (κ3) is 8.41. The molecule has 0 radical (unpaired) electrons. The van der Waals surface area contributed by atoms with Crippen molar-refractivity contribution in [3.8, 4) is 50.7 Å². The number of anilines is 4. The second-order valence-corrected chi connectivity index (χ2v) is 23.9. The van der Waals surface area contributed by atoms with E-state index in [1.165, 1.54) is 6.07 Å². The van der Waals surface area contributed by atoms with E-state index in [0.29, 0.717) is 61.5 Å². The summed E-state index contributed by atoms with van der Waals surface area (Å²) >= 11 is 0. The van der Waals surface area contributed by atoms with Crippen LogP contribution in [0.5, 0.6) is 11.5 Å². The van der Waals surface area contributed by atoms with E-state index in [9.17, 15) is 4.11 Å². The number of pyridine rings is 1. The van der Waals surface area contributed by atoms with Gasteiger partial charge in [-0.1, -0.05) is 198 Å². The van der Waals surface area contributed by atoms with Crippen molar-refractivity contribution in [3.05, 3.63) is 293 Å². The predicted octanol–water partition coefficient (Wildman–Crippen LogP) is 19.8. The van der Waals surface area contributed by atoms with Crippen LogP contribution in [0.2, 0.25) is 0 Å². The summed E-state index contributed by atoms with van der Waals surface area (Å²) in [6.07, 6.45) is -0.121. The van der Waals surface area contributed by atoms with E-state index in [1.54, 1.807) is 41.1 Å². The number of benzene rings is 10. The first-order valence-electron chi connectivity index (χ1n) is 34.0. The zero-order valence-electron chi connectivity index (χ0n) is 59.1. The van der Waals surface area contributed by atoms with Crippen molar-refractivity contribution < 1.29 is 42.3 Å². The molecular formula is C78H63N4OPt-3. The van der Waals surface area contributed by atoms with E-state index in [1.807, 2.05) is 109 Å². The molecule has 0 unspecified atom stereocenters. The summed E-state index contributed by atoms with van der Waals surface area (Å²) in [4.78, 5) is 8.85. The standard InChI is InChI=1S/C78H63N4O.Pt/c1-49-39-50(2)41-53(40-49)63-43-55(77(6,7)8)44-64(61-27-20-31-68-74(61)62-26-11-15-30-67(62)78(68)65-28-13-9-21-51(65)42-52-22-10-14-29-66(52)78)75(63)81-48-80(70-33-17-18-34-71(70)81)56-23-19-24-57(46-56)83-58-35-36-60-59-25-12-16-32-69(59)82(72(60)47-58)73-45-54(37-38-79-73)76(3,4)5;/h9-41,43-45,48H,42H2,1-8H3;/q-3;/i1D3,2D3,12D,16D,25D,32D,42D2;. The van der Waals surface area contributed by atoms with Crippen LogP contribution in [0.25, 0.3) is 61.0 Å². The van der Waals surface area contributed by atoms with E-state index in [0.717, 1.165) is 67.0 Å². The van der Waals surface area contributed by atoms with Crippen molar-refractivity contribution >= 4 is 44.6 Å². The van der Waals surface area contributed by atoms with Gasteiger partial charge in [0.2, 0.25) is 0 Å². The van der Waals surface area contributed by atoms with E-state index >= 15 is 0 Å². The number of nitrogens with zero attached hydrogens (tertiary/aromatic N) is 4. The van der Waals surface area contributed by atoms with Crippen molar-refractivity contribution in [1.29, 1.82) is 0 Å². The first-order chi connectivity index (χ1) is 45.1. The molecule has 12 aromatic rings. The van der Waals surface area contributed by atoms with Crippen LogP contribution in [0.1, 0.15) is 114 Å². The Morgan fingerprint density at radius 1 is 0.571 bits per heavy atom. The van der Waals surface area contributed by atoms with Crippen LogP contribution < -0.4 is 14.5 Å². The maximum Gasteiger partial charge on any atom is 0.135 e. The van der Waals surface area contributed by atoms with Crippen LogP contribution in [-0.4, -0.2) is 9.55 Å². The average Bonchev–Trinajstić information content (AvgIpc) is 1.45. The van der Waals surface area contributed by atoms with Crippen LogP contribution in [0.4, 0.5) is 22.7 Å². The molecule has 5 nitrogen and oxygen atoms in total. The molecule has 84 heavy (non-hydrogen) atoms. The Kier molecular flexibility index (Phi) is 9.81. The van der Waals surface area contributed by atoms with Crippen molar-refractivity contribution in [2.75, 3.05) is 9.80 Å². The molecule has 0 saturated carbocycles. The molecule has 2 aromatic heterocycles. The minimum atomic E-state index is -2.68. The number of rotatable bonds is 7. The van der Waals surface area contributed by atoms with Gasteiger partial charge >= 0.3 is 0 Å². The van der Waals surface area contributed by atoms with Gasteiger partial charge in [-0.2, -0.15) is 12.1 Å². The minimum absolute atomic E-state index is 0. The summed E-state index contributed by atoms with van der Waals surface area (Å²) in [7, 11) is 0. The molecule has 3 aliphatic rings. The van der Waals surface area contributed by atoms with Gasteiger partial charge in [-0.25, -0.2) is 4.98 Å². The van der Waals surface area contributed by atoms with Gasteiger partial charge in [-0.15, -0.1) is 48.1 Å². The fourth-order valence-corrected chi connectivity index (χ4v) is 13.0. The maximum atomic E-state index is 9.77. The largest absolute Gasteiger partial charge is 0.509 e. The fraction of sp³-hybridized carbons (Fsp3) is 0.154. The van der Waals surface area contributed by atoms with Crippen LogP contribution in [0.3, 0.4) is 0 Å². The molecule has 2 aliphatic carbocycles. The monoisotopic (exact) mass is 1280 g/mol. The van der Waals surface area contributed by atoms with Gasteiger partial charge in [0, 0.05) is 83.4 Å². The molecular weight excluding hydrogens is 1200 g/mol. The minimum Gasteiger partial charge on any atom is -0.509 e. The quantitative estimate of drug-likeness (QED) is 0.149. The predicted molar refractivity (Wildman–Crippen MR) is 342 cm³/mol. The Bertz CT molecular complexity index is 5130. The Morgan fingerprint density at radius 2 is 1.20 bits per heavy atom. The molecule has 3 heterocycles. The topological polar surface area (TPSA) is 33.5 Å². The SMILES string of the molecule is [2H]c1c([2H])c([2H])c2c(c1[2H])c1ccc(Oc3[c-]c(N4[CH-]N(c5c(-c6cc(C([2H])([2H])[2H])cc(C([2H])([2H])[2H])c6)cc(C(C)(C)C)cc5-c5cccc6c5-c5ccccc5C65c6ccccc6C([2H])([2H])c6ccccc65)c5ccccc54)ccc3)[c-]c1n2-c1cc(C(C)(C)C)ccn1.[Pt]. The zero-order valence-corrected chi connectivity index (χ0v) is 49.3. The van der Waals surface area contributed by atoms with Crippen molar-refractivity contribution in [1.82, 2.24) is 9.55 Å². The molecule has 414 valence electrons. The molecule has 0 saturated heterocycles. The number of aryl methyl sites for hydroxylation is 2. The van der Waals surface area contributed by atoms with Crippen LogP contribution >= 0.6 is 0 Å². The first kappa shape index (κ1) is 41.3. The second-order valence-electron chi connectivity index (χ2n) is 23.9. The number of fused-ring (bicyclic) bond motifs is 13. The van der Waals surface area contributed by atoms with Crippen LogP contribution in [0, 0.1) is 32.5 Å². The number of hydrogen-bond acceptors (Lipinski definition) is 4. The van der Waals surface area contributed by atoms with E-state index < -0.39 is 30.9 Å². The van der Waals surface area contributed by atoms with Gasteiger partial charge < -0.3 is 19.1 Å². The summed E-state index contributed by atoms with van der Waals surface area (Å²) in [5, 5.41) is 0.868. The van der Waals surface area contributed by atoms with Gasteiger partial charge in [0.1, 0.15) is 5.82 Å². The van der Waals surface area contributed by atoms with Gasteiger partial charge in [-0.05, 0) is 145 Å². The molecule has 0 atom stereocenters. The van der Waals surface area contributed by atoms with Gasteiger partial charge in [0.05, 0.1) is 10.9 Å². The van der Waals surface area contributed by atoms with Crippen LogP contribution in [0.15, 0.2) is 218 Å². The van der Waals surface area contributed by atoms with Gasteiger partial charge in [0.15, 0.2) is 0 Å². The first-order valence-corrected chi connectivity index (χ1v) is 28.0. The van der Waals surface area contributed by atoms with Crippen molar-refractivity contribution in [2.45, 2.75) is 77.9 Å². The average molecular weight is 1280 g/mol. The van der Waals surface area contributed by atoms with Gasteiger partial charge in [-0.3, -0.25) is 0 Å². The third-order valence-electron chi connectivity index (χ3n) is 16.7. The third-order valence-corrected chi connectivity index (χ3v) is 16.7. The summed E-state index contributed by atoms with van der Waals surface area (Å²) in [5.74, 6) is 1.06. The molecule has 10 aromatic carbocycles. The van der Waals surface area contributed by atoms with Crippen molar-refractivity contribution in [2.24, 2.45) is 0 Å². The van der Waals surface area contributed by atoms with E-state index in [-0.39, 0.29) is 73.0 Å². The fourth-order valence-electron chi connectivity index (χ4n) is 13.0. The summed E-state index contributed by atoms with van der Waals surface area (Å²) < 4.78 is 116. The molecule has 0 amide bonds. The Morgan fingerprint density at radius 3 is 1.94 bits per heavy atom. The molecule has 0 bridgehead atoms. The van der Waals surface area contributed by atoms with Crippen molar-refractivity contribution in [3.63, 3.8) is 0 Å². The number of aromatic nitrogens is 2. The smallest absolute Gasteiger partial charge is 0.135 e. The Balaban J connectivity index is 0.00000792. The summed E-state index contributed by atoms with van der Waals surface area (Å²) in [6.45, 7) is 9.25. The molecule has 15 rings (SSSR count). The Hall–Kier alpha value is -8.76. The maximum absolute atomic E-state index is 9.77. The molecule has 1 spiro atoms. The number of para-hydroxylation sites is 3. The van der Waals surface area contributed by atoms with E-state index in [2.05, 4.69) is 113 Å². The summed E-state index contributed by atoms with van der Waals surface area (Å²) in [5.41, 5.74) is 12.6. The normalized spacial score (nSPS) is 16.8. The molecule has 1 aliphatic heterocycles. The van der Waals surface area contributed by atoms with Crippen LogP contribution in [-0.2, 0) is 43.7 Å². The second kappa shape index (κ2) is 20.0.